The lowest BCUT2D eigenvalue weighted by Crippen LogP contribution is -2.36. The van der Waals surface area contributed by atoms with Crippen LogP contribution >= 0.6 is 0 Å². The summed E-state index contributed by atoms with van der Waals surface area (Å²) in [6, 6.07) is 10.7. The first-order chi connectivity index (χ1) is 12.4. The molecule has 2 heterocycles. The number of aryl methyl sites for hydroxylation is 1. The molecule has 134 valence electrons. The van der Waals surface area contributed by atoms with Crippen LogP contribution in [0.4, 0.5) is 11.4 Å². The number of nitrogens with zero attached hydrogens (tertiary/aromatic N) is 4. The molecule has 1 aromatic carbocycles. The van der Waals surface area contributed by atoms with Crippen molar-refractivity contribution in [3.05, 3.63) is 57.4 Å². The Balaban J connectivity index is 2.24. The van der Waals surface area contributed by atoms with E-state index in [-0.39, 0.29) is 23.3 Å². The molecule has 6 nitrogen and oxygen atoms in total. The van der Waals surface area contributed by atoms with E-state index in [2.05, 4.69) is 60.5 Å². The lowest BCUT2D eigenvalue weighted by Gasteiger charge is -2.28. The normalized spacial score (nSPS) is 13.2. The van der Waals surface area contributed by atoms with Crippen molar-refractivity contribution in [2.45, 2.75) is 39.8 Å². The Labute approximate surface area is 153 Å². The van der Waals surface area contributed by atoms with Crippen molar-refractivity contribution >= 4 is 17.5 Å². The van der Waals surface area contributed by atoms with Gasteiger partial charge in [0.15, 0.2) is 5.82 Å². The predicted octanol–water partition coefficient (Wildman–Crippen LogP) is 3.18. The zero-order valence-electron chi connectivity index (χ0n) is 15.7. The van der Waals surface area contributed by atoms with Gasteiger partial charge in [0, 0.05) is 19.1 Å². The minimum Gasteiger partial charge on any atom is -0.317 e. The highest BCUT2D eigenvalue weighted by Gasteiger charge is 2.34. The zero-order valence-corrected chi connectivity index (χ0v) is 15.7. The lowest BCUT2D eigenvalue weighted by molar-refractivity contribution is 0.706. The number of aromatic nitrogens is 2. The quantitative estimate of drug-likeness (QED) is 0.864. The van der Waals surface area contributed by atoms with Gasteiger partial charge in [-0.25, -0.2) is 0 Å². The smallest absolute Gasteiger partial charge is 0.275 e. The number of fused-ring (bicyclic) bond motifs is 1. The molecule has 1 N–H and O–H groups in total. The van der Waals surface area contributed by atoms with E-state index in [4.69, 9.17) is 0 Å². The molecule has 0 aliphatic carbocycles. The summed E-state index contributed by atoms with van der Waals surface area (Å²) in [4.78, 5) is 16.7. The van der Waals surface area contributed by atoms with Crippen LogP contribution in [0.1, 0.15) is 39.0 Å². The average molecular weight is 349 g/mol. The van der Waals surface area contributed by atoms with Gasteiger partial charge in [-0.1, -0.05) is 17.9 Å². The van der Waals surface area contributed by atoms with Gasteiger partial charge in [-0.05, 0) is 45.9 Å². The fourth-order valence-electron chi connectivity index (χ4n) is 3.32. The molecule has 0 bridgehead atoms. The number of nitriles is 1. The van der Waals surface area contributed by atoms with Crippen molar-refractivity contribution in [1.82, 2.24) is 9.78 Å². The Morgan fingerprint density at radius 3 is 2.08 bits per heavy atom. The van der Waals surface area contributed by atoms with E-state index in [0.717, 1.165) is 17.2 Å². The maximum atomic E-state index is 12.3. The van der Waals surface area contributed by atoms with E-state index >= 15 is 0 Å². The summed E-state index contributed by atoms with van der Waals surface area (Å²) in [5.74, 6) is 0.878. The molecule has 6 heteroatoms. The number of rotatable bonds is 3. The first-order valence-corrected chi connectivity index (χ1v) is 8.70. The number of para-hydroxylation sites is 2. The summed E-state index contributed by atoms with van der Waals surface area (Å²) in [6.45, 7) is 8.49. The fraction of sp³-hybridized carbons (Fsp3) is 0.350. The van der Waals surface area contributed by atoms with Gasteiger partial charge in [0.05, 0.1) is 16.9 Å². The molecule has 0 radical (unpaired) electrons. The van der Waals surface area contributed by atoms with Crippen molar-refractivity contribution in [1.29, 1.82) is 5.26 Å². The van der Waals surface area contributed by atoms with Gasteiger partial charge in [0.1, 0.15) is 11.8 Å². The van der Waals surface area contributed by atoms with E-state index < -0.39 is 0 Å². The summed E-state index contributed by atoms with van der Waals surface area (Å²) < 4.78 is 1.31. The van der Waals surface area contributed by atoms with Gasteiger partial charge in [0.2, 0.25) is 0 Å². The molecule has 1 aromatic heterocycles. The number of benzene rings is 1. The largest absolute Gasteiger partial charge is 0.317 e. The Morgan fingerprint density at radius 2 is 1.62 bits per heavy atom. The van der Waals surface area contributed by atoms with Crippen LogP contribution in [0.25, 0.3) is 6.08 Å². The molecule has 0 saturated heterocycles. The van der Waals surface area contributed by atoms with Crippen LogP contribution < -0.4 is 15.4 Å². The van der Waals surface area contributed by atoms with Crippen LogP contribution in [0.2, 0.25) is 0 Å². The molecule has 0 spiro atoms. The number of hydrogen-bond donors (Lipinski definition) is 1. The molecule has 0 unspecified atom stereocenters. The minimum atomic E-state index is -0.239. The lowest BCUT2D eigenvalue weighted by atomic mass is 10.2. The molecule has 0 amide bonds. The van der Waals surface area contributed by atoms with Crippen LogP contribution in [0.3, 0.4) is 0 Å². The molecule has 3 rings (SSSR count). The second-order valence-corrected chi connectivity index (χ2v) is 6.90. The molecule has 26 heavy (non-hydrogen) atoms. The third kappa shape index (κ3) is 2.73. The van der Waals surface area contributed by atoms with Crippen molar-refractivity contribution in [2.75, 3.05) is 9.80 Å². The van der Waals surface area contributed by atoms with E-state index in [9.17, 15) is 10.1 Å². The minimum absolute atomic E-state index is 0.222. The molecule has 2 aromatic rings. The van der Waals surface area contributed by atoms with E-state index in [0.29, 0.717) is 5.56 Å². The monoisotopic (exact) mass is 349 g/mol. The van der Waals surface area contributed by atoms with Crippen LogP contribution in [0.15, 0.2) is 40.6 Å². The summed E-state index contributed by atoms with van der Waals surface area (Å²) in [6.07, 6.45) is 1.61. The standard InChI is InChI=1S/C20H23N5O/c1-13(2)24-17-8-6-7-9-18(17)25(14(3)4)19(24)11-10-15-16(12-21)22-23(5)20(15)26/h6-10,13-14,22H,1-5H3. The SMILES string of the molecule is CC(C)N1C(=C=Cc2c(C#N)[nH]n(C)c2=O)N(C(C)C)c2ccccc21. The number of aromatic amines is 1. The molecular weight excluding hydrogens is 326 g/mol. The molecular formula is C20H23N5O. The molecule has 1 aliphatic rings. The maximum absolute atomic E-state index is 12.3. The summed E-state index contributed by atoms with van der Waals surface area (Å²) in [7, 11) is 1.60. The topological polar surface area (TPSA) is 68.1 Å². The third-order valence-electron chi connectivity index (χ3n) is 4.43. The maximum Gasteiger partial charge on any atom is 0.275 e. The Hall–Kier alpha value is -3.16. The average Bonchev–Trinajstić information content (AvgIpc) is 3.07. The van der Waals surface area contributed by atoms with Gasteiger partial charge in [0.25, 0.3) is 5.56 Å². The summed E-state index contributed by atoms with van der Waals surface area (Å²) in [5.41, 5.74) is 5.87. The Kier molecular flexibility index (Phi) is 4.50. The zero-order chi connectivity index (χ0) is 19.0. The first-order valence-electron chi connectivity index (χ1n) is 8.70. The van der Waals surface area contributed by atoms with Crippen LogP contribution in [0.5, 0.6) is 0 Å². The van der Waals surface area contributed by atoms with E-state index in [1.165, 1.54) is 4.68 Å². The van der Waals surface area contributed by atoms with E-state index in [1.54, 1.807) is 13.1 Å². The molecule has 0 fully saturated rings. The Bertz CT molecular complexity index is 959. The van der Waals surface area contributed by atoms with Crippen molar-refractivity contribution in [2.24, 2.45) is 7.05 Å². The number of H-pyrrole nitrogens is 1. The van der Waals surface area contributed by atoms with Crippen LogP contribution in [-0.2, 0) is 7.05 Å². The fourth-order valence-corrected chi connectivity index (χ4v) is 3.32. The number of anilines is 2. The third-order valence-corrected chi connectivity index (χ3v) is 4.43. The second-order valence-electron chi connectivity index (χ2n) is 6.90. The highest BCUT2D eigenvalue weighted by atomic mass is 16.1. The highest BCUT2D eigenvalue weighted by molar-refractivity contribution is 5.83. The predicted molar refractivity (Wildman–Crippen MR) is 104 cm³/mol. The van der Waals surface area contributed by atoms with Crippen molar-refractivity contribution in [3.63, 3.8) is 0 Å². The second kappa shape index (κ2) is 6.62. The van der Waals surface area contributed by atoms with Crippen molar-refractivity contribution in [3.8, 4) is 6.07 Å². The molecule has 0 saturated carbocycles. The van der Waals surface area contributed by atoms with Gasteiger partial charge < -0.3 is 9.80 Å². The summed E-state index contributed by atoms with van der Waals surface area (Å²) in [5, 5.41) is 12.0. The van der Waals surface area contributed by atoms with Crippen molar-refractivity contribution < 1.29 is 0 Å². The first kappa shape index (κ1) is 17.7. The highest BCUT2D eigenvalue weighted by Crippen LogP contribution is 2.43. The van der Waals surface area contributed by atoms with E-state index in [1.807, 2.05) is 18.2 Å². The Morgan fingerprint density at radius 1 is 1.08 bits per heavy atom. The van der Waals surface area contributed by atoms with Gasteiger partial charge in [-0.3, -0.25) is 14.6 Å². The van der Waals surface area contributed by atoms with Gasteiger partial charge in [-0.2, -0.15) is 5.26 Å². The number of hydrogen-bond acceptors (Lipinski definition) is 4. The molecule has 1 aliphatic heterocycles. The van der Waals surface area contributed by atoms with Gasteiger partial charge in [-0.15, -0.1) is 0 Å². The van der Waals surface area contributed by atoms with Crippen LogP contribution in [-0.4, -0.2) is 21.9 Å². The van der Waals surface area contributed by atoms with Crippen LogP contribution in [0, 0.1) is 11.3 Å². The molecule has 0 atom stereocenters. The summed E-state index contributed by atoms with van der Waals surface area (Å²) >= 11 is 0. The van der Waals surface area contributed by atoms with Gasteiger partial charge >= 0.3 is 0 Å². The number of nitrogens with one attached hydrogen (secondary N) is 1.